The lowest BCUT2D eigenvalue weighted by Gasteiger charge is -2.35. The third kappa shape index (κ3) is 19.1. The lowest BCUT2D eigenvalue weighted by Crippen LogP contribution is -2.34. The zero-order valence-electron chi connectivity index (χ0n) is 21.2. The SMILES string of the molecule is [2H]OCCOCCOCCOCCOCCOCCOP(OCCC#N)N(C(C)C)C(C)C. The molecule has 0 saturated heterocycles. The van der Waals surface area contributed by atoms with Gasteiger partial charge in [0.15, 0.2) is 0 Å². The van der Waals surface area contributed by atoms with E-state index in [0.29, 0.717) is 85.7 Å². The van der Waals surface area contributed by atoms with Gasteiger partial charge in [0.25, 0.3) is 8.53 Å². The van der Waals surface area contributed by atoms with Crippen LogP contribution in [0.2, 0.25) is 0 Å². The van der Waals surface area contributed by atoms with Crippen molar-refractivity contribution in [3.8, 4) is 6.07 Å². The highest BCUT2D eigenvalue weighted by Gasteiger charge is 2.26. The molecule has 0 aliphatic heterocycles. The molecule has 0 aromatic rings. The monoisotopic (exact) mass is 483 g/mol. The van der Waals surface area contributed by atoms with Gasteiger partial charge in [0.2, 0.25) is 1.43 Å². The topological polar surface area (TPSA) is 112 Å². The van der Waals surface area contributed by atoms with Gasteiger partial charge in [-0.1, -0.05) is 0 Å². The van der Waals surface area contributed by atoms with Crippen LogP contribution in [0, 0.1) is 11.3 Å². The maximum absolute atomic E-state index is 8.74. The van der Waals surface area contributed by atoms with Crippen molar-refractivity contribution >= 4 is 8.53 Å². The fraction of sp³-hybridized carbons (Fsp3) is 0.952. The van der Waals surface area contributed by atoms with E-state index >= 15 is 0 Å². The fourth-order valence-electron chi connectivity index (χ4n) is 2.53. The number of aliphatic hydroxyl groups excluding tert-OH is 1. The molecule has 1 N–H and O–H groups in total. The number of hydrogen-bond donors (Lipinski definition) is 1. The van der Waals surface area contributed by atoms with Crippen LogP contribution in [-0.4, -0.2) is 109 Å². The molecule has 0 aliphatic rings. The summed E-state index contributed by atoms with van der Waals surface area (Å²) in [7, 11) is -1.23. The van der Waals surface area contributed by atoms with Crippen molar-refractivity contribution in [1.29, 1.82) is 6.69 Å². The van der Waals surface area contributed by atoms with E-state index < -0.39 is 8.53 Å². The zero-order valence-corrected chi connectivity index (χ0v) is 21.1. The molecule has 190 valence electrons. The molecule has 0 amide bonds. The van der Waals surface area contributed by atoms with E-state index in [1.165, 1.54) is 0 Å². The Hall–Kier alpha value is -0.440. The molecule has 0 saturated carbocycles. The number of hydrogen-bond acceptors (Lipinski definition) is 10. The average Bonchev–Trinajstić information content (AvgIpc) is 2.77. The van der Waals surface area contributed by atoms with Gasteiger partial charge >= 0.3 is 0 Å². The van der Waals surface area contributed by atoms with Crippen molar-refractivity contribution in [2.45, 2.75) is 46.2 Å². The van der Waals surface area contributed by atoms with Gasteiger partial charge in [-0.25, -0.2) is 4.67 Å². The van der Waals surface area contributed by atoms with Crippen LogP contribution < -0.4 is 0 Å². The van der Waals surface area contributed by atoms with Crippen LogP contribution in [0.4, 0.5) is 0 Å². The maximum atomic E-state index is 8.74. The summed E-state index contributed by atoms with van der Waals surface area (Å²) in [5.74, 6) is 0. The zero-order chi connectivity index (χ0) is 24.6. The quantitative estimate of drug-likeness (QED) is 0.153. The molecule has 1 atom stereocenters. The lowest BCUT2D eigenvalue weighted by molar-refractivity contribution is -0.0149. The van der Waals surface area contributed by atoms with E-state index in [4.69, 9.17) is 39.4 Å². The molecule has 10 nitrogen and oxygen atoms in total. The number of ether oxygens (including phenoxy) is 5. The smallest absolute Gasteiger partial charge is 0.259 e. The Bertz CT molecular complexity index is 452. The van der Waals surface area contributed by atoms with Crippen LogP contribution in [0.5, 0.6) is 0 Å². The van der Waals surface area contributed by atoms with Crippen molar-refractivity contribution in [2.24, 2.45) is 0 Å². The molecule has 0 aliphatic carbocycles. The van der Waals surface area contributed by atoms with Crippen molar-refractivity contribution in [2.75, 3.05) is 85.9 Å². The van der Waals surface area contributed by atoms with Crippen LogP contribution in [0.1, 0.15) is 34.1 Å². The van der Waals surface area contributed by atoms with Crippen molar-refractivity contribution in [3.63, 3.8) is 0 Å². The third-order valence-electron chi connectivity index (χ3n) is 3.81. The van der Waals surface area contributed by atoms with E-state index in [9.17, 15) is 0 Å². The summed E-state index contributed by atoms with van der Waals surface area (Å²) in [6, 6.07) is 2.64. The first-order chi connectivity index (χ1) is 16.0. The molecule has 0 heterocycles. The van der Waals surface area contributed by atoms with Gasteiger partial charge in [-0.05, 0) is 27.7 Å². The van der Waals surface area contributed by atoms with Gasteiger partial charge in [0.05, 0.1) is 98.4 Å². The molecule has 0 fully saturated rings. The summed E-state index contributed by atoms with van der Waals surface area (Å²) >= 11 is 0. The molecular formula is C21H43N2O8P. The summed E-state index contributed by atoms with van der Waals surface area (Å²) < 4.78 is 47.4. The summed E-state index contributed by atoms with van der Waals surface area (Å²) in [4.78, 5) is 0. The second kappa shape index (κ2) is 23.7. The Morgan fingerprint density at radius 3 is 1.53 bits per heavy atom. The van der Waals surface area contributed by atoms with Crippen molar-refractivity contribution < 1.29 is 37.8 Å². The first-order valence-corrected chi connectivity index (χ1v) is 12.4. The Morgan fingerprint density at radius 1 is 0.719 bits per heavy atom. The standard InChI is InChI=1S/C21H43N2O8P/c1-20(2)23(21(3)4)32(30-8-5-6-22)31-19-18-29-17-16-28-15-14-27-13-12-26-11-10-25-9-7-24/h20-21,24H,5,7-19H2,1-4H3/i24D. The molecule has 32 heavy (non-hydrogen) atoms. The van der Waals surface area contributed by atoms with Gasteiger partial charge in [-0.3, -0.25) is 0 Å². The van der Waals surface area contributed by atoms with Gasteiger partial charge < -0.3 is 37.8 Å². The Balaban J connectivity index is 3.62. The highest BCUT2D eigenvalue weighted by molar-refractivity contribution is 7.44. The van der Waals surface area contributed by atoms with Gasteiger partial charge in [-0.2, -0.15) is 5.26 Å². The van der Waals surface area contributed by atoms with E-state index in [-0.39, 0.29) is 18.7 Å². The minimum atomic E-state index is -1.23. The first kappa shape index (κ1) is 29.6. The largest absolute Gasteiger partial charge is 0.394 e. The van der Waals surface area contributed by atoms with E-state index in [0.717, 1.165) is 0 Å². The van der Waals surface area contributed by atoms with Crippen molar-refractivity contribution in [1.82, 2.24) is 4.67 Å². The Labute approximate surface area is 196 Å². The predicted octanol–water partition coefficient (Wildman–Crippen LogP) is 2.35. The van der Waals surface area contributed by atoms with Crippen molar-refractivity contribution in [3.05, 3.63) is 0 Å². The summed E-state index contributed by atoms with van der Waals surface area (Å²) in [6.45, 7) is 14.2. The molecule has 0 bridgehead atoms. The molecule has 0 radical (unpaired) electrons. The third-order valence-corrected chi connectivity index (χ3v) is 5.92. The molecule has 0 rings (SSSR count). The molecule has 0 aromatic heterocycles. The predicted molar refractivity (Wildman–Crippen MR) is 122 cm³/mol. The Morgan fingerprint density at radius 2 is 1.12 bits per heavy atom. The molecule has 0 spiro atoms. The molecule has 11 heteroatoms. The average molecular weight is 484 g/mol. The first-order valence-electron chi connectivity index (χ1n) is 11.6. The Kier molecular flexibility index (Phi) is 21.9. The van der Waals surface area contributed by atoms with Crippen LogP contribution in [0.3, 0.4) is 0 Å². The second-order valence-corrected chi connectivity index (χ2v) is 8.60. The molecule has 1 unspecified atom stereocenters. The highest BCUT2D eigenvalue weighted by Crippen LogP contribution is 2.45. The van der Waals surface area contributed by atoms with Crippen LogP contribution in [-0.2, 0) is 32.7 Å². The second-order valence-electron chi connectivity index (χ2n) is 7.15. The normalized spacial score (nSPS) is 13.1. The molecular weight excluding hydrogens is 439 g/mol. The minimum Gasteiger partial charge on any atom is -0.394 e. The van der Waals surface area contributed by atoms with Gasteiger partial charge in [-0.15, -0.1) is 0 Å². The van der Waals surface area contributed by atoms with Crippen LogP contribution >= 0.6 is 8.53 Å². The van der Waals surface area contributed by atoms with Crippen LogP contribution in [0.25, 0.3) is 0 Å². The lowest BCUT2D eigenvalue weighted by atomic mass is 10.3. The number of nitriles is 1. The number of rotatable bonds is 25. The van der Waals surface area contributed by atoms with Crippen LogP contribution in [0.15, 0.2) is 0 Å². The summed E-state index contributed by atoms with van der Waals surface area (Å²) in [5, 5.41) is 12.9. The summed E-state index contributed by atoms with van der Waals surface area (Å²) in [5.41, 5.74) is 0. The number of aliphatic hydroxyl groups is 1. The summed E-state index contributed by atoms with van der Waals surface area (Å²) in [6.07, 6.45) is 0.343. The number of nitrogens with zero attached hydrogens (tertiary/aromatic N) is 2. The van der Waals surface area contributed by atoms with Gasteiger partial charge in [0.1, 0.15) is 0 Å². The minimum absolute atomic E-state index is 0.262. The van der Waals surface area contributed by atoms with Gasteiger partial charge in [0, 0.05) is 12.1 Å². The van der Waals surface area contributed by atoms with E-state index in [1.54, 1.807) is 0 Å². The maximum Gasteiger partial charge on any atom is 0.259 e. The fourth-order valence-corrected chi connectivity index (χ4v) is 4.10. The van der Waals surface area contributed by atoms with E-state index in [2.05, 4.69) is 43.5 Å². The van der Waals surface area contributed by atoms with E-state index in [1.807, 2.05) is 0 Å². The molecule has 0 aromatic carbocycles. The highest BCUT2D eigenvalue weighted by atomic mass is 31.2.